The van der Waals surface area contributed by atoms with Gasteiger partial charge in [0.1, 0.15) is 0 Å². The van der Waals surface area contributed by atoms with Crippen molar-refractivity contribution >= 4 is 0 Å². The Morgan fingerprint density at radius 1 is 1.25 bits per heavy atom. The van der Waals surface area contributed by atoms with Gasteiger partial charge in [-0.05, 0) is 39.5 Å². The van der Waals surface area contributed by atoms with Gasteiger partial charge in [0.15, 0.2) is 0 Å². The van der Waals surface area contributed by atoms with Gasteiger partial charge >= 0.3 is 0 Å². The molecule has 0 aliphatic carbocycles. The van der Waals surface area contributed by atoms with E-state index < -0.39 is 0 Å². The van der Waals surface area contributed by atoms with Gasteiger partial charge in [-0.1, -0.05) is 37.1 Å². The molecule has 0 aromatic rings. The summed E-state index contributed by atoms with van der Waals surface area (Å²) in [6, 6.07) is 0. The molecular weight excluding hydrogens is 144 g/mol. The molecule has 0 saturated heterocycles. The number of allylic oxidation sites excluding steroid dienone is 4. The third kappa shape index (κ3) is 6.21. The van der Waals surface area contributed by atoms with Gasteiger partial charge in [0, 0.05) is 0 Å². The standard InChI is InChI=1S/C12H22/c1-6-11(4)7-8-12(5)9-10(2)3/h7,9,12H,6,8H2,1-5H3. The molecule has 0 aliphatic rings. The molecule has 0 aromatic heterocycles. The lowest BCUT2D eigenvalue weighted by atomic mass is 10.0. The molecule has 0 fully saturated rings. The highest BCUT2D eigenvalue weighted by Crippen LogP contribution is 2.10. The monoisotopic (exact) mass is 166 g/mol. The summed E-state index contributed by atoms with van der Waals surface area (Å²) in [5.41, 5.74) is 2.93. The molecule has 0 aromatic carbocycles. The maximum absolute atomic E-state index is 2.35. The first-order valence-corrected chi connectivity index (χ1v) is 4.87. The van der Waals surface area contributed by atoms with Gasteiger partial charge in [0.05, 0.1) is 0 Å². The van der Waals surface area contributed by atoms with Gasteiger partial charge in [-0.25, -0.2) is 0 Å². The highest BCUT2D eigenvalue weighted by Gasteiger charge is 1.94. The quantitative estimate of drug-likeness (QED) is 0.545. The van der Waals surface area contributed by atoms with Crippen LogP contribution in [0, 0.1) is 5.92 Å². The van der Waals surface area contributed by atoms with Gasteiger partial charge in [0.2, 0.25) is 0 Å². The van der Waals surface area contributed by atoms with E-state index in [2.05, 4.69) is 46.8 Å². The van der Waals surface area contributed by atoms with Crippen molar-refractivity contribution in [1.29, 1.82) is 0 Å². The predicted molar refractivity (Wildman–Crippen MR) is 57.3 cm³/mol. The van der Waals surface area contributed by atoms with E-state index in [4.69, 9.17) is 0 Å². The Morgan fingerprint density at radius 2 is 1.83 bits per heavy atom. The Balaban J connectivity index is 3.86. The summed E-state index contributed by atoms with van der Waals surface area (Å²) in [6.45, 7) is 11.0. The highest BCUT2D eigenvalue weighted by atomic mass is 14.0. The summed E-state index contributed by atoms with van der Waals surface area (Å²) in [7, 11) is 0. The first-order chi connectivity index (χ1) is 5.56. The average molecular weight is 166 g/mol. The molecule has 0 saturated carbocycles. The highest BCUT2D eigenvalue weighted by molar-refractivity contribution is 5.02. The molecule has 70 valence electrons. The molecule has 0 N–H and O–H groups in total. The lowest BCUT2D eigenvalue weighted by molar-refractivity contribution is 0.731. The molecular formula is C12H22. The summed E-state index contributed by atoms with van der Waals surface area (Å²) in [5, 5.41) is 0. The van der Waals surface area contributed by atoms with Crippen LogP contribution in [0.5, 0.6) is 0 Å². The van der Waals surface area contributed by atoms with E-state index in [0.717, 1.165) is 0 Å². The first-order valence-electron chi connectivity index (χ1n) is 4.87. The SMILES string of the molecule is CCC(C)=CCC(C)C=C(C)C. The maximum Gasteiger partial charge on any atom is -0.0225 e. The van der Waals surface area contributed by atoms with Crippen LogP contribution in [-0.4, -0.2) is 0 Å². The fraction of sp³-hybridized carbons (Fsp3) is 0.667. The van der Waals surface area contributed by atoms with Crippen molar-refractivity contribution in [3.05, 3.63) is 23.3 Å². The van der Waals surface area contributed by atoms with Crippen molar-refractivity contribution in [2.24, 2.45) is 5.92 Å². The Labute approximate surface area is 77.4 Å². The van der Waals surface area contributed by atoms with E-state index in [-0.39, 0.29) is 0 Å². The lowest BCUT2D eigenvalue weighted by Gasteiger charge is -2.03. The molecule has 0 nitrogen and oxygen atoms in total. The van der Waals surface area contributed by atoms with Crippen LogP contribution < -0.4 is 0 Å². The third-order valence-corrected chi connectivity index (χ3v) is 2.01. The van der Waals surface area contributed by atoms with Crippen molar-refractivity contribution in [3.8, 4) is 0 Å². The summed E-state index contributed by atoms with van der Waals surface area (Å²) in [4.78, 5) is 0. The molecule has 0 amide bonds. The Kier molecular flexibility index (Phi) is 5.79. The van der Waals surface area contributed by atoms with Gasteiger partial charge in [0.25, 0.3) is 0 Å². The summed E-state index contributed by atoms with van der Waals surface area (Å²) >= 11 is 0. The first kappa shape index (κ1) is 11.5. The minimum absolute atomic E-state index is 0.691. The van der Waals surface area contributed by atoms with E-state index in [1.165, 1.54) is 24.0 Å². The zero-order valence-corrected chi connectivity index (χ0v) is 9.15. The molecule has 0 heteroatoms. The molecule has 0 bridgehead atoms. The molecule has 0 heterocycles. The summed E-state index contributed by atoms with van der Waals surface area (Å²) in [6.07, 6.45) is 7.05. The van der Waals surface area contributed by atoms with E-state index in [1.54, 1.807) is 0 Å². The third-order valence-electron chi connectivity index (χ3n) is 2.01. The van der Waals surface area contributed by atoms with Crippen LogP contribution in [0.1, 0.15) is 47.5 Å². The normalized spacial score (nSPS) is 14.2. The molecule has 0 spiro atoms. The van der Waals surface area contributed by atoms with Crippen LogP contribution in [-0.2, 0) is 0 Å². The van der Waals surface area contributed by atoms with Crippen LogP contribution in [0.25, 0.3) is 0 Å². The average Bonchev–Trinajstić information content (AvgIpc) is 1.99. The fourth-order valence-corrected chi connectivity index (χ4v) is 1.17. The van der Waals surface area contributed by atoms with Gasteiger partial charge in [-0.2, -0.15) is 0 Å². The topological polar surface area (TPSA) is 0 Å². The second-order valence-corrected chi connectivity index (χ2v) is 3.86. The molecule has 0 aliphatic heterocycles. The largest absolute Gasteiger partial charge is 0.0850 e. The van der Waals surface area contributed by atoms with E-state index in [1.807, 2.05) is 0 Å². The minimum atomic E-state index is 0.691. The van der Waals surface area contributed by atoms with Crippen molar-refractivity contribution in [2.45, 2.75) is 47.5 Å². The van der Waals surface area contributed by atoms with E-state index in [9.17, 15) is 0 Å². The van der Waals surface area contributed by atoms with Crippen molar-refractivity contribution < 1.29 is 0 Å². The second kappa shape index (κ2) is 6.05. The maximum atomic E-state index is 2.35. The summed E-state index contributed by atoms with van der Waals surface area (Å²) in [5.74, 6) is 0.691. The van der Waals surface area contributed by atoms with Crippen LogP contribution in [0.3, 0.4) is 0 Å². The zero-order chi connectivity index (χ0) is 9.56. The Morgan fingerprint density at radius 3 is 2.25 bits per heavy atom. The fourth-order valence-electron chi connectivity index (χ4n) is 1.17. The molecule has 0 rings (SSSR count). The van der Waals surface area contributed by atoms with E-state index >= 15 is 0 Å². The van der Waals surface area contributed by atoms with Crippen LogP contribution in [0.2, 0.25) is 0 Å². The van der Waals surface area contributed by atoms with Crippen LogP contribution in [0.15, 0.2) is 23.3 Å². The Hall–Kier alpha value is -0.520. The predicted octanol–water partition coefficient (Wildman–Crippen LogP) is 4.34. The van der Waals surface area contributed by atoms with E-state index in [0.29, 0.717) is 5.92 Å². The van der Waals surface area contributed by atoms with Crippen molar-refractivity contribution in [1.82, 2.24) is 0 Å². The second-order valence-electron chi connectivity index (χ2n) is 3.86. The lowest BCUT2D eigenvalue weighted by Crippen LogP contribution is -1.88. The van der Waals surface area contributed by atoms with Crippen LogP contribution >= 0.6 is 0 Å². The molecule has 1 atom stereocenters. The Bertz CT molecular complexity index is 168. The smallest absolute Gasteiger partial charge is 0.0225 e. The number of hydrogen-bond donors (Lipinski definition) is 0. The summed E-state index contributed by atoms with van der Waals surface area (Å²) < 4.78 is 0. The van der Waals surface area contributed by atoms with Crippen LogP contribution in [0.4, 0.5) is 0 Å². The van der Waals surface area contributed by atoms with Crippen molar-refractivity contribution in [3.63, 3.8) is 0 Å². The zero-order valence-electron chi connectivity index (χ0n) is 9.15. The molecule has 0 radical (unpaired) electrons. The molecule has 12 heavy (non-hydrogen) atoms. The van der Waals surface area contributed by atoms with Gasteiger partial charge in [-0.15, -0.1) is 0 Å². The number of rotatable bonds is 4. The number of hydrogen-bond acceptors (Lipinski definition) is 0. The van der Waals surface area contributed by atoms with Gasteiger partial charge in [-0.3, -0.25) is 0 Å². The minimum Gasteiger partial charge on any atom is -0.0850 e. The van der Waals surface area contributed by atoms with Gasteiger partial charge < -0.3 is 0 Å². The van der Waals surface area contributed by atoms with Crippen molar-refractivity contribution in [2.75, 3.05) is 0 Å². The molecule has 1 unspecified atom stereocenters.